The highest BCUT2D eigenvalue weighted by atomic mass is 32.2. The number of unbranched alkanes of at least 4 members (excludes halogenated alkanes) is 3. The summed E-state index contributed by atoms with van der Waals surface area (Å²) in [6, 6.07) is 8.55. The molecule has 1 aromatic rings. The molecule has 0 spiro atoms. The Morgan fingerprint density at radius 3 is 2.14 bits per heavy atom. The molecule has 1 aromatic carbocycles. The van der Waals surface area contributed by atoms with E-state index in [1.54, 1.807) is 24.3 Å². The first kappa shape index (κ1) is 44.6. The molecule has 0 heterocycles. The molecular weight excluding hydrogens is 679 g/mol. The minimum atomic E-state index is -3.91. The molecule has 0 amide bonds. The van der Waals surface area contributed by atoms with E-state index < -0.39 is 37.1 Å². The van der Waals surface area contributed by atoms with E-state index in [0.717, 1.165) is 25.7 Å². The van der Waals surface area contributed by atoms with Crippen LogP contribution < -0.4 is 5.32 Å². The van der Waals surface area contributed by atoms with Crippen LogP contribution in [0.15, 0.2) is 59.5 Å². The molecule has 1 aliphatic carbocycles. The van der Waals surface area contributed by atoms with Crippen molar-refractivity contribution in [2.24, 2.45) is 5.92 Å². The number of carbonyl (C=O) groups excluding carboxylic acids is 1. The molecule has 1 N–H and O–H groups in total. The van der Waals surface area contributed by atoms with Crippen molar-refractivity contribution in [2.45, 2.75) is 170 Å². The standard InChI is InChI=1S/C40H71NO6SSi2/c1-14-15-19-24-32(46-49(10,11)38(2,3)4)28-29-34-35(47-50(12,13)39(5,6)7)31-36(41-8)40(34,30-23-17-16-22-27-37(42)45-9)48(43,44)33-25-20-18-21-26-33/h17-18,20-21,23,25-26,28-29,32,34-36,41H,14-16,19,22,24,27,30-31H2,1-13H3/b23-17-,29-28+/t32-,34-,35+,36-,40-/m0/s1. The lowest BCUT2D eigenvalue weighted by Gasteiger charge is -2.42. The largest absolute Gasteiger partial charge is 0.469 e. The van der Waals surface area contributed by atoms with Gasteiger partial charge in [0.1, 0.15) is 4.75 Å². The molecule has 7 nitrogen and oxygen atoms in total. The zero-order valence-corrected chi connectivity index (χ0v) is 36.5. The second-order valence-corrected chi connectivity index (χ2v) is 29.0. The fourth-order valence-electron chi connectivity index (χ4n) is 6.47. The van der Waals surface area contributed by atoms with Gasteiger partial charge in [0.25, 0.3) is 0 Å². The number of allylic oxidation sites excluding steroid dienone is 2. The zero-order valence-electron chi connectivity index (χ0n) is 33.7. The SMILES string of the molecule is CCCCC[C@@H](/C=C/[C@H]1[C@H](O[Si](C)(C)C(C)(C)C)C[C@H](NC)[C@@]1(C/C=C\CCCC(=O)OC)S(=O)(=O)c1ccccc1)O[Si](C)(C)C(C)(C)C. The second-order valence-electron chi connectivity index (χ2n) is 17.2. The lowest BCUT2D eigenvalue weighted by atomic mass is 9.87. The van der Waals surface area contributed by atoms with Gasteiger partial charge in [0, 0.05) is 18.4 Å². The van der Waals surface area contributed by atoms with Crippen molar-refractivity contribution in [1.82, 2.24) is 5.32 Å². The van der Waals surface area contributed by atoms with Crippen molar-refractivity contribution in [2.75, 3.05) is 14.2 Å². The van der Waals surface area contributed by atoms with Crippen LogP contribution in [0.2, 0.25) is 36.3 Å². The first-order valence-corrected chi connectivity index (χ1v) is 26.1. The van der Waals surface area contributed by atoms with E-state index in [9.17, 15) is 4.79 Å². The molecule has 0 radical (unpaired) electrons. The van der Waals surface area contributed by atoms with Gasteiger partial charge in [0.15, 0.2) is 26.5 Å². The Morgan fingerprint density at radius 2 is 1.60 bits per heavy atom. The number of ether oxygens (including phenoxy) is 1. The lowest BCUT2D eigenvalue weighted by molar-refractivity contribution is -0.140. The highest BCUT2D eigenvalue weighted by Crippen LogP contribution is 2.52. The molecular formula is C40H71NO6SSi2. The van der Waals surface area contributed by atoms with Gasteiger partial charge in [-0.05, 0) is 87.5 Å². The van der Waals surface area contributed by atoms with Crippen molar-refractivity contribution >= 4 is 32.4 Å². The Labute approximate surface area is 308 Å². The first-order valence-electron chi connectivity index (χ1n) is 18.8. The average Bonchev–Trinajstić information content (AvgIpc) is 3.33. The van der Waals surface area contributed by atoms with Gasteiger partial charge in [-0.15, -0.1) is 0 Å². The van der Waals surface area contributed by atoms with Crippen LogP contribution >= 0.6 is 0 Å². The Morgan fingerprint density at radius 1 is 0.980 bits per heavy atom. The van der Waals surface area contributed by atoms with Crippen LogP contribution in [0.4, 0.5) is 0 Å². The number of nitrogens with one attached hydrogen (secondary N) is 1. The van der Waals surface area contributed by atoms with Crippen LogP contribution in [-0.2, 0) is 28.2 Å². The first-order chi connectivity index (χ1) is 23.1. The maximum absolute atomic E-state index is 15.3. The maximum Gasteiger partial charge on any atom is 0.305 e. The predicted molar refractivity (Wildman–Crippen MR) is 214 cm³/mol. The third kappa shape index (κ3) is 11.0. The van der Waals surface area contributed by atoms with Crippen molar-refractivity contribution in [3.05, 3.63) is 54.6 Å². The number of rotatable bonds is 19. The van der Waals surface area contributed by atoms with E-state index in [-0.39, 0.29) is 34.3 Å². The Balaban J connectivity index is 2.82. The molecule has 0 saturated heterocycles. The molecule has 1 saturated carbocycles. The monoisotopic (exact) mass is 749 g/mol. The summed E-state index contributed by atoms with van der Waals surface area (Å²) in [7, 11) is -5.06. The molecule has 1 aliphatic rings. The highest BCUT2D eigenvalue weighted by molar-refractivity contribution is 7.93. The fraction of sp³-hybridized carbons (Fsp3) is 0.725. The quantitative estimate of drug-likeness (QED) is 0.0652. The summed E-state index contributed by atoms with van der Waals surface area (Å²) < 4.78 is 48.4. The van der Waals surface area contributed by atoms with Crippen molar-refractivity contribution in [3.8, 4) is 0 Å². The summed E-state index contributed by atoms with van der Waals surface area (Å²) in [6.45, 7) is 24.8. The van der Waals surface area contributed by atoms with Crippen molar-refractivity contribution < 1.29 is 26.8 Å². The molecule has 2 rings (SSSR count). The number of benzene rings is 1. The van der Waals surface area contributed by atoms with Crippen LogP contribution in [0.3, 0.4) is 0 Å². The highest BCUT2D eigenvalue weighted by Gasteiger charge is 2.62. The summed E-state index contributed by atoms with van der Waals surface area (Å²) in [6.07, 6.45) is 14.7. The van der Waals surface area contributed by atoms with Crippen LogP contribution in [0.1, 0.15) is 106 Å². The number of hydrogen-bond donors (Lipinski definition) is 1. The summed E-state index contributed by atoms with van der Waals surface area (Å²) in [5.41, 5.74) is 0. The van der Waals surface area contributed by atoms with Crippen LogP contribution in [-0.4, -0.2) is 68.2 Å². The fourth-order valence-corrected chi connectivity index (χ4v) is 11.6. The van der Waals surface area contributed by atoms with Gasteiger partial charge in [-0.3, -0.25) is 4.79 Å². The van der Waals surface area contributed by atoms with Gasteiger partial charge in [0.2, 0.25) is 0 Å². The molecule has 5 atom stereocenters. The van der Waals surface area contributed by atoms with Crippen LogP contribution in [0.5, 0.6) is 0 Å². The van der Waals surface area contributed by atoms with E-state index in [4.69, 9.17) is 13.6 Å². The summed E-state index contributed by atoms with van der Waals surface area (Å²) in [4.78, 5) is 12.1. The van der Waals surface area contributed by atoms with Gasteiger partial charge in [-0.1, -0.05) is 110 Å². The number of esters is 1. The van der Waals surface area contributed by atoms with Gasteiger partial charge >= 0.3 is 5.97 Å². The van der Waals surface area contributed by atoms with Gasteiger partial charge in [0.05, 0.1) is 24.2 Å². The average molecular weight is 750 g/mol. The van der Waals surface area contributed by atoms with Crippen LogP contribution in [0, 0.1) is 5.92 Å². The Bertz CT molecular complexity index is 1360. The lowest BCUT2D eigenvalue weighted by Crippen LogP contribution is -2.55. The van der Waals surface area contributed by atoms with E-state index in [1.165, 1.54) is 7.11 Å². The van der Waals surface area contributed by atoms with Crippen molar-refractivity contribution in [1.29, 1.82) is 0 Å². The number of sulfone groups is 1. The molecule has 1 fully saturated rings. The molecule has 0 unspecified atom stereocenters. The molecule has 0 bridgehead atoms. The molecule has 50 heavy (non-hydrogen) atoms. The van der Waals surface area contributed by atoms with Gasteiger partial charge in [-0.2, -0.15) is 0 Å². The summed E-state index contributed by atoms with van der Waals surface area (Å²) in [5, 5.41) is 3.48. The molecule has 10 heteroatoms. The third-order valence-corrected chi connectivity index (χ3v) is 23.3. The number of methoxy groups -OCH3 is 1. The topological polar surface area (TPSA) is 90.9 Å². The van der Waals surface area contributed by atoms with E-state index in [1.807, 2.05) is 25.3 Å². The minimum absolute atomic E-state index is 0.0431. The van der Waals surface area contributed by atoms with Gasteiger partial charge < -0.3 is 18.9 Å². The molecule has 286 valence electrons. The normalized spacial score (nSPS) is 23.2. The predicted octanol–water partition coefficient (Wildman–Crippen LogP) is 10.0. The van der Waals surface area contributed by atoms with Gasteiger partial charge in [-0.25, -0.2) is 8.42 Å². The summed E-state index contributed by atoms with van der Waals surface area (Å²) >= 11 is 0. The Hall–Kier alpha value is -1.57. The van der Waals surface area contributed by atoms with E-state index >= 15 is 8.42 Å². The number of hydrogen-bond acceptors (Lipinski definition) is 7. The third-order valence-electron chi connectivity index (χ3n) is 11.6. The zero-order chi connectivity index (χ0) is 38.0. The van der Waals surface area contributed by atoms with Crippen LogP contribution in [0.25, 0.3) is 0 Å². The summed E-state index contributed by atoms with van der Waals surface area (Å²) in [5.74, 6) is -0.674. The van der Waals surface area contributed by atoms with E-state index in [2.05, 4.69) is 92.1 Å². The van der Waals surface area contributed by atoms with E-state index in [0.29, 0.717) is 37.0 Å². The number of carbonyl (C=O) groups is 1. The minimum Gasteiger partial charge on any atom is -0.469 e. The molecule has 0 aliphatic heterocycles. The smallest absolute Gasteiger partial charge is 0.305 e. The second kappa shape index (κ2) is 18.5. The maximum atomic E-state index is 15.3. The van der Waals surface area contributed by atoms with Crippen molar-refractivity contribution in [3.63, 3.8) is 0 Å². The molecule has 0 aromatic heterocycles. The Kier molecular flexibility index (Phi) is 16.5.